The normalized spacial score (nSPS) is 21.1. The van der Waals surface area contributed by atoms with Crippen molar-refractivity contribution < 1.29 is 9.53 Å². The maximum atomic E-state index is 12.3. The van der Waals surface area contributed by atoms with Gasteiger partial charge in [0.15, 0.2) is 5.13 Å². The Balaban J connectivity index is 1.67. The third-order valence-corrected chi connectivity index (χ3v) is 4.75. The number of rotatable bonds is 4. The average molecular weight is 331 g/mol. The van der Waals surface area contributed by atoms with Gasteiger partial charge in [0, 0.05) is 17.5 Å². The molecular weight excluding hydrogens is 310 g/mol. The fourth-order valence-corrected chi connectivity index (χ4v) is 3.31. The van der Waals surface area contributed by atoms with Gasteiger partial charge in [-0.15, -0.1) is 11.3 Å². The molecule has 5 nitrogen and oxygen atoms in total. The van der Waals surface area contributed by atoms with Gasteiger partial charge in [0.05, 0.1) is 18.4 Å². The second-order valence-electron chi connectivity index (χ2n) is 5.59. The highest BCUT2D eigenvalue weighted by Gasteiger charge is 2.28. The molecule has 1 aliphatic rings. The van der Waals surface area contributed by atoms with Gasteiger partial charge in [-0.1, -0.05) is 31.2 Å². The number of nitrogens with zero attached hydrogens (tertiary/aromatic N) is 1. The molecule has 0 saturated carbocycles. The Bertz CT molecular complexity index is 669. The Labute approximate surface area is 140 Å². The second-order valence-corrected chi connectivity index (χ2v) is 6.44. The van der Waals surface area contributed by atoms with Crippen LogP contribution in [0.25, 0.3) is 11.3 Å². The van der Waals surface area contributed by atoms with Crippen molar-refractivity contribution in [1.29, 1.82) is 0 Å². The van der Waals surface area contributed by atoms with E-state index in [4.69, 9.17) is 4.74 Å². The van der Waals surface area contributed by atoms with Crippen molar-refractivity contribution in [2.24, 2.45) is 0 Å². The Morgan fingerprint density at radius 3 is 2.91 bits per heavy atom. The molecule has 3 rings (SSSR count). The minimum Gasteiger partial charge on any atom is -0.375 e. The molecule has 1 aromatic heterocycles. The zero-order valence-electron chi connectivity index (χ0n) is 13.3. The summed E-state index contributed by atoms with van der Waals surface area (Å²) in [7, 11) is 0. The molecule has 0 unspecified atom stereocenters. The molecule has 1 aliphatic heterocycles. The number of aryl methyl sites for hydroxylation is 1. The van der Waals surface area contributed by atoms with Gasteiger partial charge in [-0.25, -0.2) is 4.98 Å². The number of ether oxygens (including phenoxy) is 1. The SMILES string of the molecule is CCc1ccc(-c2csc(NC(=O)[C@H]3NCCO[C@@H]3C)n2)cc1. The molecule has 0 spiro atoms. The molecule has 2 aromatic rings. The quantitative estimate of drug-likeness (QED) is 0.904. The van der Waals surface area contributed by atoms with Crippen molar-refractivity contribution >= 4 is 22.4 Å². The number of nitrogens with one attached hydrogen (secondary N) is 2. The van der Waals surface area contributed by atoms with Crippen molar-refractivity contribution in [3.05, 3.63) is 35.2 Å². The predicted octanol–water partition coefficient (Wildman–Crippen LogP) is 2.69. The molecule has 1 aromatic carbocycles. The zero-order valence-corrected chi connectivity index (χ0v) is 14.2. The molecule has 6 heteroatoms. The van der Waals surface area contributed by atoms with Crippen LogP contribution in [-0.2, 0) is 16.0 Å². The maximum Gasteiger partial charge on any atom is 0.245 e. The topological polar surface area (TPSA) is 63.2 Å². The minimum absolute atomic E-state index is 0.0977. The Morgan fingerprint density at radius 1 is 1.43 bits per heavy atom. The van der Waals surface area contributed by atoms with Gasteiger partial charge in [0.25, 0.3) is 0 Å². The molecule has 1 fully saturated rings. The summed E-state index contributed by atoms with van der Waals surface area (Å²) in [6.07, 6.45) is 0.887. The van der Waals surface area contributed by atoms with Crippen molar-refractivity contribution in [1.82, 2.24) is 10.3 Å². The van der Waals surface area contributed by atoms with Crippen molar-refractivity contribution in [2.45, 2.75) is 32.4 Å². The van der Waals surface area contributed by atoms with Crippen molar-refractivity contribution in [3.8, 4) is 11.3 Å². The van der Waals surface area contributed by atoms with Crippen LogP contribution in [0.4, 0.5) is 5.13 Å². The summed E-state index contributed by atoms with van der Waals surface area (Å²) in [6, 6.07) is 8.02. The van der Waals surface area contributed by atoms with Crippen LogP contribution in [0, 0.1) is 0 Å². The number of carbonyl (C=O) groups is 1. The number of carbonyl (C=O) groups excluding carboxylic acids is 1. The molecule has 0 bridgehead atoms. The summed E-state index contributed by atoms with van der Waals surface area (Å²) in [5.74, 6) is -0.0977. The lowest BCUT2D eigenvalue weighted by Gasteiger charge is -2.28. The van der Waals surface area contributed by atoms with E-state index in [1.807, 2.05) is 12.3 Å². The molecular formula is C17H21N3O2S. The summed E-state index contributed by atoms with van der Waals surface area (Å²) in [4.78, 5) is 16.8. The van der Waals surface area contributed by atoms with E-state index in [9.17, 15) is 4.79 Å². The van der Waals surface area contributed by atoms with E-state index < -0.39 is 0 Å². The fourth-order valence-electron chi connectivity index (χ4n) is 2.59. The monoisotopic (exact) mass is 331 g/mol. The number of hydrogen-bond acceptors (Lipinski definition) is 5. The Morgan fingerprint density at radius 2 is 2.22 bits per heavy atom. The predicted molar refractivity (Wildman–Crippen MR) is 92.8 cm³/mol. The summed E-state index contributed by atoms with van der Waals surface area (Å²) >= 11 is 1.44. The van der Waals surface area contributed by atoms with Crippen LogP contribution in [0.5, 0.6) is 0 Å². The first-order valence-corrected chi connectivity index (χ1v) is 8.76. The first kappa shape index (κ1) is 16.1. The van der Waals surface area contributed by atoms with Gasteiger partial charge in [-0.3, -0.25) is 4.79 Å². The smallest absolute Gasteiger partial charge is 0.245 e. The van der Waals surface area contributed by atoms with E-state index >= 15 is 0 Å². The zero-order chi connectivity index (χ0) is 16.2. The number of anilines is 1. The highest BCUT2D eigenvalue weighted by molar-refractivity contribution is 7.14. The molecule has 23 heavy (non-hydrogen) atoms. The van der Waals surface area contributed by atoms with Crippen LogP contribution < -0.4 is 10.6 Å². The van der Waals surface area contributed by atoms with E-state index in [1.54, 1.807) is 0 Å². The van der Waals surface area contributed by atoms with Gasteiger partial charge in [0.2, 0.25) is 5.91 Å². The highest BCUT2D eigenvalue weighted by Crippen LogP contribution is 2.25. The third kappa shape index (κ3) is 3.77. The van der Waals surface area contributed by atoms with Crippen LogP contribution in [0.15, 0.2) is 29.6 Å². The lowest BCUT2D eigenvalue weighted by molar-refractivity contribution is -0.123. The summed E-state index contributed by atoms with van der Waals surface area (Å²) in [5.41, 5.74) is 3.25. The van der Waals surface area contributed by atoms with Gasteiger partial charge in [0.1, 0.15) is 6.04 Å². The average Bonchev–Trinajstić information content (AvgIpc) is 3.03. The van der Waals surface area contributed by atoms with Crippen LogP contribution in [-0.4, -0.2) is 36.2 Å². The lowest BCUT2D eigenvalue weighted by Crippen LogP contribution is -2.53. The molecule has 2 atom stereocenters. The molecule has 1 saturated heterocycles. The molecule has 1 amide bonds. The van der Waals surface area contributed by atoms with Crippen LogP contribution in [0.1, 0.15) is 19.4 Å². The summed E-state index contributed by atoms with van der Waals surface area (Å²) < 4.78 is 5.51. The number of amides is 1. The van der Waals surface area contributed by atoms with Crippen molar-refractivity contribution in [2.75, 3.05) is 18.5 Å². The minimum atomic E-state index is -0.333. The molecule has 0 aliphatic carbocycles. The molecule has 122 valence electrons. The molecule has 0 radical (unpaired) electrons. The van der Waals surface area contributed by atoms with E-state index in [1.165, 1.54) is 16.9 Å². The van der Waals surface area contributed by atoms with Crippen LogP contribution in [0.3, 0.4) is 0 Å². The number of benzene rings is 1. The van der Waals surface area contributed by atoms with E-state index in [0.29, 0.717) is 18.3 Å². The molecule has 2 heterocycles. The number of aromatic nitrogens is 1. The summed E-state index contributed by atoms with van der Waals surface area (Å²) in [5, 5.41) is 8.64. The Hall–Kier alpha value is -1.76. The number of hydrogen-bond donors (Lipinski definition) is 2. The largest absolute Gasteiger partial charge is 0.375 e. The lowest BCUT2D eigenvalue weighted by atomic mass is 10.1. The number of thiazole rings is 1. The third-order valence-electron chi connectivity index (χ3n) is 3.99. The summed E-state index contributed by atoms with van der Waals surface area (Å²) in [6.45, 7) is 5.36. The van der Waals surface area contributed by atoms with E-state index in [2.05, 4.69) is 46.8 Å². The van der Waals surface area contributed by atoms with Gasteiger partial charge < -0.3 is 15.4 Å². The van der Waals surface area contributed by atoms with E-state index in [-0.39, 0.29) is 18.1 Å². The van der Waals surface area contributed by atoms with Crippen LogP contribution >= 0.6 is 11.3 Å². The second kappa shape index (κ2) is 7.21. The Kier molecular flexibility index (Phi) is 5.05. The van der Waals surface area contributed by atoms with Crippen LogP contribution in [0.2, 0.25) is 0 Å². The molecule has 2 N–H and O–H groups in total. The highest BCUT2D eigenvalue weighted by atomic mass is 32.1. The van der Waals surface area contributed by atoms with E-state index in [0.717, 1.165) is 17.7 Å². The standard InChI is InChI=1S/C17H21N3O2S/c1-3-12-4-6-13(7-5-12)14-10-23-17(19-14)20-16(21)15-11(2)22-9-8-18-15/h4-7,10-11,15,18H,3,8-9H2,1-2H3,(H,19,20,21)/t11-,15+/m1/s1. The first-order valence-electron chi connectivity index (χ1n) is 7.88. The van der Waals surface area contributed by atoms with Gasteiger partial charge in [-0.05, 0) is 18.9 Å². The first-order chi connectivity index (χ1) is 11.2. The maximum absolute atomic E-state index is 12.3. The van der Waals surface area contributed by atoms with Gasteiger partial charge in [-0.2, -0.15) is 0 Å². The number of morpholine rings is 1. The fraction of sp³-hybridized carbons (Fsp3) is 0.412. The van der Waals surface area contributed by atoms with Crippen molar-refractivity contribution in [3.63, 3.8) is 0 Å². The van der Waals surface area contributed by atoms with Gasteiger partial charge >= 0.3 is 0 Å².